The zero-order valence-electron chi connectivity index (χ0n) is 33.8. The van der Waals surface area contributed by atoms with Crippen LogP contribution >= 0.6 is 0 Å². The lowest BCUT2D eigenvalue weighted by molar-refractivity contribution is 0.0273. The van der Waals surface area contributed by atoms with Crippen LogP contribution in [0.25, 0.3) is 5.57 Å². The molecule has 7 rings (SSSR count). The lowest BCUT2D eigenvalue weighted by Crippen LogP contribution is -2.31. The average molecular weight is 768 g/mol. The number of allylic oxidation sites excluding steroid dienone is 6. The number of ether oxygens (including phenoxy) is 4. The zero-order valence-corrected chi connectivity index (χ0v) is 33.8. The monoisotopic (exact) mass is 767 g/mol. The topological polar surface area (TPSA) is 62.9 Å². The fourth-order valence-electron chi connectivity index (χ4n) is 7.48. The molecule has 1 aliphatic carbocycles. The summed E-state index contributed by atoms with van der Waals surface area (Å²) in [6.45, 7) is 9.23. The standard InChI is InChI=1S/C53H53NO4/c1-39-8-18-46(19-9-39)53(47-20-10-40(2)11-21-47,48-22-12-41(3)13-23-48)49-24-30-52(31-25-49)58-37-35-56-33-32-55-34-36-57-51-28-16-43(17-29-51)45-7-5-4-6-44(38-45)42-14-26-50(54)27-15-42/h4-31,38,44H,32-37,54H2,1-3H3. The Labute approximate surface area is 344 Å². The summed E-state index contributed by atoms with van der Waals surface area (Å²) in [5.41, 5.74) is 18.2. The molecule has 6 aromatic carbocycles. The summed E-state index contributed by atoms with van der Waals surface area (Å²) in [6, 6.07) is 51.6. The van der Waals surface area contributed by atoms with Crippen molar-refractivity contribution in [1.29, 1.82) is 0 Å². The van der Waals surface area contributed by atoms with E-state index in [1.165, 1.54) is 44.5 Å². The van der Waals surface area contributed by atoms with Crippen molar-refractivity contribution < 1.29 is 18.9 Å². The van der Waals surface area contributed by atoms with Gasteiger partial charge in [-0.1, -0.05) is 156 Å². The first kappa shape index (κ1) is 40.1. The van der Waals surface area contributed by atoms with E-state index in [1.54, 1.807) is 0 Å². The smallest absolute Gasteiger partial charge is 0.119 e. The first-order valence-corrected chi connectivity index (χ1v) is 20.1. The molecule has 0 saturated heterocycles. The van der Waals surface area contributed by atoms with Crippen molar-refractivity contribution in [2.45, 2.75) is 32.1 Å². The van der Waals surface area contributed by atoms with E-state index in [0.717, 1.165) is 28.3 Å². The third-order valence-electron chi connectivity index (χ3n) is 10.7. The molecule has 0 saturated carbocycles. The Morgan fingerprint density at radius 2 is 0.879 bits per heavy atom. The third kappa shape index (κ3) is 9.86. The number of benzene rings is 6. The van der Waals surface area contributed by atoms with Crippen molar-refractivity contribution >= 4 is 11.3 Å². The molecule has 6 aromatic rings. The maximum Gasteiger partial charge on any atom is 0.119 e. The highest BCUT2D eigenvalue weighted by Gasteiger charge is 2.38. The van der Waals surface area contributed by atoms with Crippen LogP contribution in [0.5, 0.6) is 11.5 Å². The summed E-state index contributed by atoms with van der Waals surface area (Å²) in [4.78, 5) is 0. The molecule has 0 bridgehead atoms. The molecule has 1 aliphatic rings. The van der Waals surface area contributed by atoms with Crippen molar-refractivity contribution in [2.75, 3.05) is 45.4 Å². The molecule has 58 heavy (non-hydrogen) atoms. The molecular weight excluding hydrogens is 715 g/mol. The van der Waals surface area contributed by atoms with Crippen LogP contribution in [0.15, 0.2) is 176 Å². The highest BCUT2D eigenvalue weighted by atomic mass is 16.6. The maximum atomic E-state index is 6.11. The SMILES string of the molecule is Cc1ccc(C(c2ccc(C)cc2)(c2ccc(C)cc2)c2ccc(OCCOCCOCCOc3ccc(C4=CC(c5ccc(N)cc5)C=CC=C4)cc3)cc2)cc1. The van der Waals surface area contributed by atoms with E-state index in [4.69, 9.17) is 24.7 Å². The first-order valence-electron chi connectivity index (χ1n) is 20.1. The first-order chi connectivity index (χ1) is 28.4. The molecule has 0 aromatic heterocycles. The largest absolute Gasteiger partial charge is 0.491 e. The minimum atomic E-state index is -0.502. The van der Waals surface area contributed by atoms with Crippen molar-refractivity contribution in [3.05, 3.63) is 226 Å². The molecule has 0 fully saturated rings. The van der Waals surface area contributed by atoms with E-state index in [1.807, 2.05) is 24.3 Å². The Morgan fingerprint density at radius 3 is 1.34 bits per heavy atom. The Morgan fingerprint density at radius 1 is 0.466 bits per heavy atom. The molecule has 0 spiro atoms. The number of hydrogen-bond donors (Lipinski definition) is 1. The van der Waals surface area contributed by atoms with Crippen molar-refractivity contribution in [3.63, 3.8) is 0 Å². The van der Waals surface area contributed by atoms with Crippen LogP contribution in [0, 0.1) is 20.8 Å². The van der Waals surface area contributed by atoms with Crippen LogP contribution in [0.2, 0.25) is 0 Å². The average Bonchev–Trinajstić information content (AvgIpc) is 3.51. The van der Waals surface area contributed by atoms with E-state index in [9.17, 15) is 0 Å². The summed E-state index contributed by atoms with van der Waals surface area (Å²) in [7, 11) is 0. The third-order valence-corrected chi connectivity index (χ3v) is 10.7. The molecule has 2 N–H and O–H groups in total. The van der Waals surface area contributed by atoms with E-state index >= 15 is 0 Å². The van der Waals surface area contributed by atoms with Crippen molar-refractivity contribution in [2.24, 2.45) is 0 Å². The van der Waals surface area contributed by atoms with Crippen LogP contribution in [0.1, 0.15) is 56.0 Å². The van der Waals surface area contributed by atoms with E-state index < -0.39 is 5.41 Å². The lowest BCUT2D eigenvalue weighted by atomic mass is 9.65. The summed E-state index contributed by atoms with van der Waals surface area (Å²) < 4.78 is 23.6. The number of aryl methyl sites for hydroxylation is 3. The summed E-state index contributed by atoms with van der Waals surface area (Å²) in [5.74, 6) is 1.80. The number of anilines is 1. The molecule has 0 heterocycles. The Kier molecular flexibility index (Phi) is 13.4. The second-order valence-corrected chi connectivity index (χ2v) is 14.9. The van der Waals surface area contributed by atoms with Gasteiger partial charge in [0.25, 0.3) is 0 Å². The van der Waals surface area contributed by atoms with Gasteiger partial charge in [-0.05, 0) is 96.1 Å². The van der Waals surface area contributed by atoms with Crippen LogP contribution < -0.4 is 15.2 Å². The fraction of sp³-hybridized carbons (Fsp3) is 0.208. The quantitative estimate of drug-likeness (QED) is 0.0569. The minimum Gasteiger partial charge on any atom is -0.491 e. The van der Waals surface area contributed by atoms with E-state index in [2.05, 4.69) is 172 Å². The van der Waals surface area contributed by atoms with Crippen LogP contribution in [-0.4, -0.2) is 39.6 Å². The van der Waals surface area contributed by atoms with Crippen molar-refractivity contribution in [3.8, 4) is 11.5 Å². The predicted molar refractivity (Wildman–Crippen MR) is 238 cm³/mol. The van der Waals surface area contributed by atoms with Crippen LogP contribution in [-0.2, 0) is 14.9 Å². The second-order valence-electron chi connectivity index (χ2n) is 14.9. The second kappa shape index (κ2) is 19.3. The van der Waals surface area contributed by atoms with Crippen LogP contribution in [0.4, 0.5) is 5.69 Å². The summed E-state index contributed by atoms with van der Waals surface area (Å²) in [5, 5.41) is 0. The van der Waals surface area contributed by atoms with Gasteiger partial charge < -0.3 is 24.7 Å². The minimum absolute atomic E-state index is 0.180. The normalized spacial score (nSPS) is 13.8. The molecule has 0 aliphatic heterocycles. The predicted octanol–water partition coefficient (Wildman–Crippen LogP) is 11.4. The van der Waals surface area contributed by atoms with Gasteiger partial charge in [0.05, 0.1) is 31.8 Å². The Hall–Kier alpha value is -6.14. The van der Waals surface area contributed by atoms with Gasteiger partial charge in [0.2, 0.25) is 0 Å². The highest BCUT2D eigenvalue weighted by molar-refractivity contribution is 5.76. The molecular formula is C53H53NO4. The van der Waals surface area contributed by atoms with Gasteiger partial charge in [-0.2, -0.15) is 0 Å². The summed E-state index contributed by atoms with van der Waals surface area (Å²) in [6.07, 6.45) is 10.8. The zero-order chi connectivity index (χ0) is 40.2. The van der Waals surface area contributed by atoms with Gasteiger partial charge in [0.1, 0.15) is 24.7 Å². The highest BCUT2D eigenvalue weighted by Crippen LogP contribution is 2.45. The molecule has 1 atom stereocenters. The van der Waals surface area contributed by atoms with Gasteiger partial charge in [-0.3, -0.25) is 0 Å². The Balaban J connectivity index is 0.864. The molecule has 1 unspecified atom stereocenters. The van der Waals surface area contributed by atoms with Crippen LogP contribution in [0.3, 0.4) is 0 Å². The molecule has 294 valence electrons. The number of rotatable bonds is 17. The number of nitrogens with two attached hydrogens (primary N) is 1. The van der Waals surface area contributed by atoms with E-state index in [-0.39, 0.29) is 5.92 Å². The van der Waals surface area contributed by atoms with Gasteiger partial charge in [0.15, 0.2) is 0 Å². The van der Waals surface area contributed by atoms with Crippen molar-refractivity contribution in [1.82, 2.24) is 0 Å². The number of nitrogen functional groups attached to an aromatic ring is 1. The maximum absolute atomic E-state index is 6.11. The number of hydrogen-bond acceptors (Lipinski definition) is 5. The molecule has 0 amide bonds. The molecule has 5 heteroatoms. The summed E-state index contributed by atoms with van der Waals surface area (Å²) >= 11 is 0. The van der Waals surface area contributed by atoms with Gasteiger partial charge in [-0.25, -0.2) is 0 Å². The van der Waals surface area contributed by atoms with Gasteiger partial charge >= 0.3 is 0 Å². The molecule has 0 radical (unpaired) electrons. The van der Waals surface area contributed by atoms with Gasteiger partial charge in [0, 0.05) is 11.6 Å². The molecule has 5 nitrogen and oxygen atoms in total. The lowest BCUT2D eigenvalue weighted by Gasteiger charge is -2.37. The fourth-order valence-corrected chi connectivity index (χ4v) is 7.48. The Bertz CT molecular complexity index is 2180. The van der Waals surface area contributed by atoms with E-state index in [0.29, 0.717) is 39.6 Å². The van der Waals surface area contributed by atoms with Gasteiger partial charge in [-0.15, -0.1) is 0 Å².